The first-order chi connectivity index (χ1) is 16.2. The highest BCUT2D eigenvalue weighted by Crippen LogP contribution is 2.22. The molecule has 34 heavy (non-hydrogen) atoms. The number of carbonyl (C=O) groups excluding carboxylic acids is 1. The number of nitrogens with one attached hydrogen (secondary N) is 1. The average Bonchev–Trinajstić information content (AvgIpc) is 2.83. The number of carbonyl (C=O) groups is 1. The predicted octanol–water partition coefficient (Wildman–Crippen LogP) is 7.22. The standard InChI is InChI=1S/C24H32N2O2.C6H12.H2/c1-26-17-15-21(16-18-26)8-6-5-7-20-11-13-22(14-12-20)25-24(27)19-28-23-9-3-2-4-10-23;1-5-6(2,3)4;/h2-4,9-14,21H,5-8,15-19H2,1H3,(H,25,27);5H,1H2,2-4H3;1H. The molecule has 0 saturated carbocycles. The van der Waals surface area contributed by atoms with Gasteiger partial charge in [-0.25, -0.2) is 0 Å². The van der Waals surface area contributed by atoms with Gasteiger partial charge in [0.05, 0.1) is 0 Å². The molecule has 2 aromatic rings. The Bertz CT molecular complexity index is 839. The zero-order chi connectivity index (χ0) is 24.8. The first-order valence-electron chi connectivity index (χ1n) is 12.6. The van der Waals surface area contributed by atoms with Gasteiger partial charge in [-0.05, 0) is 87.0 Å². The SMILES string of the molecule is C=CC(C)(C)C.CN1CCC(CCCCc2ccc(NC(=O)COc3ccccc3)cc2)CC1.[HH]. The van der Waals surface area contributed by atoms with E-state index in [9.17, 15) is 4.79 Å². The van der Waals surface area contributed by atoms with Gasteiger partial charge in [-0.15, -0.1) is 6.58 Å². The molecule has 0 aromatic heterocycles. The van der Waals surface area contributed by atoms with Crippen molar-refractivity contribution in [1.29, 1.82) is 0 Å². The van der Waals surface area contributed by atoms with E-state index in [1.807, 2.05) is 48.5 Å². The van der Waals surface area contributed by atoms with Crippen molar-refractivity contribution < 1.29 is 11.0 Å². The largest absolute Gasteiger partial charge is 0.484 e. The lowest BCUT2D eigenvalue weighted by Gasteiger charge is -2.28. The number of benzene rings is 2. The van der Waals surface area contributed by atoms with Crippen molar-refractivity contribution in [1.82, 2.24) is 4.90 Å². The fourth-order valence-corrected chi connectivity index (χ4v) is 3.73. The molecule has 1 heterocycles. The zero-order valence-electron chi connectivity index (χ0n) is 21.7. The number of nitrogens with zero attached hydrogens (tertiary/aromatic N) is 1. The van der Waals surface area contributed by atoms with Crippen molar-refractivity contribution >= 4 is 11.6 Å². The van der Waals surface area contributed by atoms with E-state index in [2.05, 4.69) is 56.7 Å². The summed E-state index contributed by atoms with van der Waals surface area (Å²) in [6.07, 6.45) is 9.68. The average molecular weight is 467 g/mol. The van der Waals surface area contributed by atoms with Gasteiger partial charge >= 0.3 is 0 Å². The van der Waals surface area contributed by atoms with Crippen LogP contribution in [-0.4, -0.2) is 37.6 Å². The highest BCUT2D eigenvalue weighted by molar-refractivity contribution is 5.91. The van der Waals surface area contributed by atoms with Crippen molar-refractivity contribution in [3.63, 3.8) is 0 Å². The van der Waals surface area contributed by atoms with Gasteiger partial charge in [-0.1, -0.05) is 70.0 Å². The van der Waals surface area contributed by atoms with Gasteiger partial charge in [0.2, 0.25) is 0 Å². The van der Waals surface area contributed by atoms with E-state index in [4.69, 9.17) is 4.74 Å². The number of ether oxygens (including phenoxy) is 1. The van der Waals surface area contributed by atoms with E-state index in [1.165, 1.54) is 50.8 Å². The van der Waals surface area contributed by atoms with E-state index in [0.717, 1.165) is 18.0 Å². The second-order valence-corrected chi connectivity index (χ2v) is 10.4. The van der Waals surface area contributed by atoms with Crippen molar-refractivity contribution in [3.05, 3.63) is 72.8 Å². The van der Waals surface area contributed by atoms with Gasteiger partial charge in [-0.2, -0.15) is 0 Å². The molecular weight excluding hydrogens is 420 g/mol. The van der Waals surface area contributed by atoms with Crippen LogP contribution in [0.4, 0.5) is 5.69 Å². The summed E-state index contributed by atoms with van der Waals surface area (Å²) in [5.41, 5.74) is 2.46. The van der Waals surface area contributed by atoms with Crippen LogP contribution in [0.3, 0.4) is 0 Å². The van der Waals surface area contributed by atoms with Crippen LogP contribution < -0.4 is 10.1 Å². The third-order valence-electron chi connectivity index (χ3n) is 6.13. The van der Waals surface area contributed by atoms with Crippen LogP contribution in [-0.2, 0) is 11.2 Å². The number of para-hydroxylation sites is 1. The molecule has 0 spiro atoms. The molecule has 0 bridgehead atoms. The molecule has 0 atom stereocenters. The minimum atomic E-state index is -0.144. The summed E-state index contributed by atoms with van der Waals surface area (Å²) in [6, 6.07) is 17.6. The number of aryl methyl sites for hydroxylation is 1. The van der Waals surface area contributed by atoms with Crippen molar-refractivity contribution in [2.24, 2.45) is 11.3 Å². The number of hydrogen-bond acceptors (Lipinski definition) is 3. The smallest absolute Gasteiger partial charge is 0.262 e. The molecular formula is C30H46N2O2. The van der Waals surface area contributed by atoms with Crippen LogP contribution in [0, 0.1) is 11.3 Å². The summed E-state index contributed by atoms with van der Waals surface area (Å²) >= 11 is 0. The second kappa shape index (κ2) is 14.6. The second-order valence-electron chi connectivity index (χ2n) is 10.4. The Kier molecular flexibility index (Phi) is 11.9. The maximum Gasteiger partial charge on any atom is 0.262 e. The van der Waals surface area contributed by atoms with Gasteiger partial charge in [0, 0.05) is 7.11 Å². The highest BCUT2D eigenvalue weighted by Gasteiger charge is 2.15. The number of unbranched alkanes of at least 4 members (excludes halogenated alkanes) is 1. The Balaban J connectivity index is 0.000000780. The molecule has 4 nitrogen and oxygen atoms in total. The molecule has 0 radical (unpaired) electrons. The molecule has 0 unspecified atom stereocenters. The number of amides is 1. The molecule has 4 heteroatoms. The maximum atomic E-state index is 12.0. The lowest BCUT2D eigenvalue weighted by molar-refractivity contribution is -0.118. The van der Waals surface area contributed by atoms with E-state index < -0.39 is 0 Å². The number of allylic oxidation sites excluding steroid dienone is 1. The molecule has 0 aliphatic carbocycles. The summed E-state index contributed by atoms with van der Waals surface area (Å²) in [5.74, 6) is 1.48. The quantitative estimate of drug-likeness (QED) is 0.313. The van der Waals surface area contributed by atoms with E-state index in [1.54, 1.807) is 0 Å². The molecule has 2 aromatic carbocycles. The highest BCUT2D eigenvalue weighted by atomic mass is 16.5. The van der Waals surface area contributed by atoms with Crippen LogP contribution in [0.25, 0.3) is 0 Å². The number of likely N-dealkylation sites (tertiary alicyclic amines) is 1. The van der Waals surface area contributed by atoms with Crippen LogP contribution in [0.1, 0.15) is 59.9 Å². The minimum absolute atomic E-state index is 0. The Morgan fingerprint density at radius 3 is 2.29 bits per heavy atom. The fourth-order valence-electron chi connectivity index (χ4n) is 3.73. The van der Waals surface area contributed by atoms with Gasteiger partial charge in [0.25, 0.3) is 5.91 Å². The van der Waals surface area contributed by atoms with Gasteiger partial charge < -0.3 is 15.0 Å². The molecule has 1 fully saturated rings. The summed E-state index contributed by atoms with van der Waals surface area (Å²) in [5, 5.41) is 2.89. The monoisotopic (exact) mass is 466 g/mol. The summed E-state index contributed by atoms with van der Waals surface area (Å²) in [7, 11) is 2.22. The molecule has 1 amide bonds. The minimum Gasteiger partial charge on any atom is -0.484 e. The first-order valence-corrected chi connectivity index (χ1v) is 12.6. The van der Waals surface area contributed by atoms with Crippen LogP contribution in [0.5, 0.6) is 5.75 Å². The van der Waals surface area contributed by atoms with Gasteiger partial charge in [0.15, 0.2) is 6.61 Å². The molecule has 1 saturated heterocycles. The summed E-state index contributed by atoms with van der Waals surface area (Å²) < 4.78 is 5.47. The van der Waals surface area contributed by atoms with Crippen molar-refractivity contribution in [2.75, 3.05) is 32.1 Å². The Morgan fingerprint density at radius 2 is 1.71 bits per heavy atom. The number of anilines is 1. The number of piperidine rings is 1. The van der Waals surface area contributed by atoms with E-state index >= 15 is 0 Å². The normalized spacial score (nSPS) is 14.6. The molecule has 1 aliphatic heterocycles. The first kappa shape index (κ1) is 27.7. The van der Waals surface area contributed by atoms with Gasteiger partial charge in [-0.3, -0.25) is 4.79 Å². The zero-order valence-corrected chi connectivity index (χ0v) is 21.7. The summed E-state index contributed by atoms with van der Waals surface area (Å²) in [6.45, 7) is 12.5. The number of rotatable bonds is 9. The third kappa shape index (κ3) is 12.0. The molecule has 3 rings (SSSR count). The predicted molar refractivity (Wildman–Crippen MR) is 147 cm³/mol. The van der Waals surface area contributed by atoms with E-state index in [-0.39, 0.29) is 13.9 Å². The maximum absolute atomic E-state index is 12.0. The number of hydrogen-bond donors (Lipinski definition) is 1. The van der Waals surface area contributed by atoms with Gasteiger partial charge in [0.1, 0.15) is 5.75 Å². The Hall–Kier alpha value is -2.59. The summed E-state index contributed by atoms with van der Waals surface area (Å²) in [4.78, 5) is 14.4. The molecule has 1 aliphatic rings. The van der Waals surface area contributed by atoms with Crippen LogP contribution in [0.15, 0.2) is 67.3 Å². The van der Waals surface area contributed by atoms with Crippen LogP contribution in [0.2, 0.25) is 0 Å². The van der Waals surface area contributed by atoms with Crippen molar-refractivity contribution in [2.45, 2.75) is 59.3 Å². The lowest BCUT2D eigenvalue weighted by Crippen LogP contribution is -2.30. The molecule has 1 N–H and O–H groups in total. The Labute approximate surface area is 208 Å². The van der Waals surface area contributed by atoms with Crippen LogP contribution >= 0.6 is 0 Å². The molecule has 188 valence electrons. The van der Waals surface area contributed by atoms with Crippen molar-refractivity contribution in [3.8, 4) is 5.75 Å². The fraction of sp³-hybridized carbons (Fsp3) is 0.500. The Morgan fingerprint density at radius 1 is 1.09 bits per heavy atom. The topological polar surface area (TPSA) is 41.6 Å². The third-order valence-corrected chi connectivity index (χ3v) is 6.13. The van der Waals surface area contributed by atoms with E-state index in [0.29, 0.717) is 11.2 Å². The lowest BCUT2D eigenvalue weighted by atomic mass is 9.91.